The van der Waals surface area contributed by atoms with E-state index in [0.717, 1.165) is 0 Å². The molecule has 16 heavy (non-hydrogen) atoms. The van der Waals surface area contributed by atoms with Crippen molar-refractivity contribution < 1.29 is 4.74 Å². The Morgan fingerprint density at radius 2 is 1.81 bits per heavy atom. The normalized spacial score (nSPS) is 10.1. The summed E-state index contributed by atoms with van der Waals surface area (Å²) in [6, 6.07) is 5.07. The first-order valence-electron chi connectivity index (χ1n) is 4.35. The molecule has 0 unspecified atom stereocenters. The molecule has 0 bridgehead atoms. The van der Waals surface area contributed by atoms with Gasteiger partial charge in [-0.25, -0.2) is 9.97 Å². The molecule has 0 atom stereocenters. The van der Waals surface area contributed by atoms with E-state index in [1.54, 1.807) is 18.2 Å². The summed E-state index contributed by atoms with van der Waals surface area (Å²) in [7, 11) is 0. The van der Waals surface area contributed by atoms with Crippen molar-refractivity contribution in [2.75, 3.05) is 5.73 Å². The molecule has 1 aromatic heterocycles. The Hall–Kier alpha value is -1.52. The topological polar surface area (TPSA) is 61.0 Å². The number of nitrogen functional groups attached to an aromatic ring is 1. The molecule has 0 aliphatic heterocycles. The maximum Gasteiger partial charge on any atom is 0.322 e. The number of hydrogen-bond donors (Lipinski definition) is 1. The molecule has 4 nitrogen and oxygen atoms in total. The quantitative estimate of drug-likeness (QED) is 0.896. The molecule has 2 N–H and O–H groups in total. The number of aromatic nitrogens is 2. The van der Waals surface area contributed by atoms with Gasteiger partial charge in [0.05, 0.1) is 23.1 Å². The third-order valence-electron chi connectivity index (χ3n) is 1.74. The molecule has 1 aromatic carbocycles. The van der Waals surface area contributed by atoms with Gasteiger partial charge in [-0.05, 0) is 18.2 Å². The third kappa shape index (κ3) is 2.53. The Kier molecular flexibility index (Phi) is 3.12. The van der Waals surface area contributed by atoms with Gasteiger partial charge in [0.1, 0.15) is 5.75 Å². The van der Waals surface area contributed by atoms with Crippen LogP contribution < -0.4 is 10.5 Å². The van der Waals surface area contributed by atoms with Crippen LogP contribution in [0.3, 0.4) is 0 Å². The van der Waals surface area contributed by atoms with E-state index < -0.39 is 0 Å². The molecule has 0 fully saturated rings. The minimum absolute atomic E-state index is 0.179. The number of rotatable bonds is 2. The minimum atomic E-state index is 0.179. The van der Waals surface area contributed by atoms with Gasteiger partial charge in [-0.1, -0.05) is 23.2 Å². The molecule has 0 saturated carbocycles. The van der Waals surface area contributed by atoms with Gasteiger partial charge in [-0.15, -0.1) is 0 Å². The predicted octanol–water partition coefficient (Wildman–Crippen LogP) is 3.16. The summed E-state index contributed by atoms with van der Waals surface area (Å²) in [5.41, 5.74) is 5.91. The lowest BCUT2D eigenvalue weighted by Crippen LogP contribution is -1.94. The fraction of sp³-hybridized carbons (Fsp3) is 0. The SMILES string of the molecule is Nc1cnc(Oc2ccc(Cl)cc2Cl)nc1. The number of benzene rings is 1. The molecule has 0 saturated heterocycles. The molecule has 0 spiro atoms. The summed E-state index contributed by atoms with van der Waals surface area (Å²) >= 11 is 11.7. The van der Waals surface area contributed by atoms with Gasteiger partial charge in [0.15, 0.2) is 0 Å². The number of nitrogens with two attached hydrogens (primary N) is 1. The first kappa shape index (κ1) is 11.0. The minimum Gasteiger partial charge on any atom is -0.423 e. The highest BCUT2D eigenvalue weighted by Crippen LogP contribution is 2.30. The number of anilines is 1. The van der Waals surface area contributed by atoms with E-state index in [-0.39, 0.29) is 6.01 Å². The first-order chi connectivity index (χ1) is 7.65. The van der Waals surface area contributed by atoms with Gasteiger partial charge in [-0.2, -0.15) is 0 Å². The highest BCUT2D eigenvalue weighted by molar-refractivity contribution is 6.35. The largest absolute Gasteiger partial charge is 0.423 e. The highest BCUT2D eigenvalue weighted by atomic mass is 35.5. The zero-order chi connectivity index (χ0) is 11.5. The average molecular weight is 256 g/mol. The molecule has 82 valence electrons. The Labute approximate surface area is 102 Å². The summed E-state index contributed by atoms with van der Waals surface area (Å²) < 4.78 is 5.35. The third-order valence-corrected chi connectivity index (χ3v) is 2.27. The summed E-state index contributed by atoms with van der Waals surface area (Å²) in [4.78, 5) is 7.77. The Morgan fingerprint density at radius 1 is 1.12 bits per heavy atom. The van der Waals surface area contributed by atoms with E-state index in [1.165, 1.54) is 12.4 Å². The standard InChI is InChI=1S/C10H7Cl2N3O/c11-6-1-2-9(8(12)3-6)16-10-14-4-7(13)5-15-10/h1-5H,13H2. The van der Waals surface area contributed by atoms with Crippen molar-refractivity contribution in [2.45, 2.75) is 0 Å². The Balaban J connectivity index is 2.23. The van der Waals surface area contributed by atoms with Crippen molar-refractivity contribution in [3.8, 4) is 11.8 Å². The van der Waals surface area contributed by atoms with Crippen molar-refractivity contribution in [1.29, 1.82) is 0 Å². The lowest BCUT2D eigenvalue weighted by Gasteiger charge is -2.05. The lowest BCUT2D eigenvalue weighted by atomic mass is 10.3. The van der Waals surface area contributed by atoms with Crippen molar-refractivity contribution in [1.82, 2.24) is 9.97 Å². The summed E-state index contributed by atoms with van der Waals surface area (Å²) in [6.45, 7) is 0. The predicted molar refractivity (Wildman–Crippen MR) is 63.0 cm³/mol. The van der Waals surface area contributed by atoms with E-state index in [1.807, 2.05) is 0 Å². The van der Waals surface area contributed by atoms with Crippen molar-refractivity contribution in [3.05, 3.63) is 40.6 Å². The van der Waals surface area contributed by atoms with Crippen molar-refractivity contribution in [2.24, 2.45) is 0 Å². The summed E-state index contributed by atoms with van der Waals surface area (Å²) in [6.07, 6.45) is 2.90. The lowest BCUT2D eigenvalue weighted by molar-refractivity contribution is 0.442. The van der Waals surface area contributed by atoms with Crippen LogP contribution in [0.2, 0.25) is 10.0 Å². The second kappa shape index (κ2) is 4.55. The molecule has 2 aromatic rings. The second-order valence-corrected chi connectivity index (χ2v) is 3.82. The molecule has 0 aliphatic carbocycles. The molecule has 0 amide bonds. The van der Waals surface area contributed by atoms with Gasteiger partial charge in [0.25, 0.3) is 0 Å². The number of nitrogens with zero attached hydrogens (tertiary/aromatic N) is 2. The van der Waals surface area contributed by atoms with Crippen LogP contribution in [0.15, 0.2) is 30.6 Å². The van der Waals surface area contributed by atoms with Crippen LogP contribution in [-0.2, 0) is 0 Å². The fourth-order valence-electron chi connectivity index (χ4n) is 1.04. The van der Waals surface area contributed by atoms with Crippen LogP contribution in [0.25, 0.3) is 0 Å². The van der Waals surface area contributed by atoms with E-state index in [4.69, 9.17) is 33.7 Å². The monoisotopic (exact) mass is 255 g/mol. The van der Waals surface area contributed by atoms with E-state index >= 15 is 0 Å². The maximum absolute atomic E-state index is 5.92. The zero-order valence-electron chi connectivity index (χ0n) is 8.02. The van der Waals surface area contributed by atoms with Crippen LogP contribution in [0.4, 0.5) is 5.69 Å². The van der Waals surface area contributed by atoms with Crippen LogP contribution in [-0.4, -0.2) is 9.97 Å². The van der Waals surface area contributed by atoms with Crippen molar-refractivity contribution in [3.63, 3.8) is 0 Å². The van der Waals surface area contributed by atoms with Gasteiger partial charge >= 0.3 is 6.01 Å². The van der Waals surface area contributed by atoms with Gasteiger partial charge in [0.2, 0.25) is 0 Å². The molecule has 1 heterocycles. The summed E-state index contributed by atoms with van der Waals surface area (Å²) in [5.74, 6) is 0.441. The van der Waals surface area contributed by atoms with Gasteiger partial charge in [-0.3, -0.25) is 0 Å². The Bertz CT molecular complexity index is 502. The van der Waals surface area contributed by atoms with Gasteiger partial charge < -0.3 is 10.5 Å². The van der Waals surface area contributed by atoms with E-state index in [9.17, 15) is 0 Å². The maximum atomic E-state index is 5.92. The molecule has 0 aliphatic rings. The van der Waals surface area contributed by atoms with E-state index in [0.29, 0.717) is 21.5 Å². The highest BCUT2D eigenvalue weighted by Gasteiger charge is 2.05. The van der Waals surface area contributed by atoms with Crippen LogP contribution in [0, 0.1) is 0 Å². The van der Waals surface area contributed by atoms with Crippen LogP contribution >= 0.6 is 23.2 Å². The molecule has 2 rings (SSSR count). The number of halogens is 2. The first-order valence-corrected chi connectivity index (χ1v) is 5.11. The van der Waals surface area contributed by atoms with Crippen molar-refractivity contribution >= 4 is 28.9 Å². The van der Waals surface area contributed by atoms with Gasteiger partial charge in [0, 0.05) is 5.02 Å². The molecular weight excluding hydrogens is 249 g/mol. The zero-order valence-corrected chi connectivity index (χ0v) is 9.53. The summed E-state index contributed by atoms with van der Waals surface area (Å²) in [5, 5.41) is 0.934. The fourth-order valence-corrected chi connectivity index (χ4v) is 1.48. The average Bonchev–Trinajstić information content (AvgIpc) is 2.25. The number of ether oxygens (including phenoxy) is 1. The second-order valence-electron chi connectivity index (χ2n) is 2.98. The van der Waals surface area contributed by atoms with Crippen LogP contribution in [0.5, 0.6) is 11.8 Å². The molecule has 6 heteroatoms. The smallest absolute Gasteiger partial charge is 0.322 e. The molecular formula is C10H7Cl2N3O. The Morgan fingerprint density at radius 3 is 2.44 bits per heavy atom. The van der Waals surface area contributed by atoms with E-state index in [2.05, 4.69) is 9.97 Å². The molecule has 0 radical (unpaired) electrons. The van der Waals surface area contributed by atoms with Crippen LogP contribution in [0.1, 0.15) is 0 Å². The number of hydrogen-bond acceptors (Lipinski definition) is 4.